The number of hydrogen-bond donors (Lipinski definition) is 0. The first-order valence-corrected chi connectivity index (χ1v) is 8.80. The first-order chi connectivity index (χ1) is 11.1. The summed E-state index contributed by atoms with van der Waals surface area (Å²) in [6.07, 6.45) is 4.98. The van der Waals surface area contributed by atoms with E-state index in [0.717, 1.165) is 23.3 Å². The van der Waals surface area contributed by atoms with Gasteiger partial charge in [0.15, 0.2) is 5.60 Å². The quantitative estimate of drug-likeness (QED) is 0.787. The predicted octanol–water partition coefficient (Wildman–Crippen LogP) is 2.96. The van der Waals surface area contributed by atoms with E-state index >= 15 is 0 Å². The Kier molecular flexibility index (Phi) is 2.79. The van der Waals surface area contributed by atoms with Crippen molar-refractivity contribution in [2.45, 2.75) is 44.0 Å². The van der Waals surface area contributed by atoms with E-state index in [2.05, 4.69) is 6.92 Å². The molecule has 23 heavy (non-hydrogen) atoms. The minimum absolute atomic E-state index is 0.0157. The molecule has 1 aliphatic heterocycles. The molecule has 1 aromatic carbocycles. The maximum atomic E-state index is 11.9. The fraction of sp³-hybridized carbons (Fsp3) is 0.684. The van der Waals surface area contributed by atoms with Crippen LogP contribution in [0.1, 0.15) is 38.2 Å². The number of methoxy groups -OCH3 is 1. The van der Waals surface area contributed by atoms with Gasteiger partial charge in [0.25, 0.3) is 5.79 Å². The minimum Gasteiger partial charge on any atom is -0.872 e. The molecule has 0 N–H and O–H groups in total. The molecule has 2 bridgehead atoms. The van der Waals surface area contributed by atoms with Crippen molar-refractivity contribution in [1.29, 1.82) is 0 Å². The van der Waals surface area contributed by atoms with Gasteiger partial charge in [-0.15, -0.1) is 5.75 Å². The van der Waals surface area contributed by atoms with Crippen molar-refractivity contribution in [3.63, 3.8) is 0 Å². The van der Waals surface area contributed by atoms with E-state index in [0.29, 0.717) is 11.8 Å². The van der Waals surface area contributed by atoms with Gasteiger partial charge >= 0.3 is 0 Å². The van der Waals surface area contributed by atoms with Gasteiger partial charge in [-0.25, -0.2) is 4.89 Å². The molecule has 1 heterocycles. The molecule has 4 heteroatoms. The Labute approximate surface area is 136 Å². The van der Waals surface area contributed by atoms with E-state index in [9.17, 15) is 5.11 Å². The van der Waals surface area contributed by atoms with Crippen molar-refractivity contribution in [2.75, 3.05) is 7.11 Å². The minimum atomic E-state index is -0.941. The number of rotatable bonds is 2. The highest BCUT2D eigenvalue weighted by atomic mass is 17.3. The van der Waals surface area contributed by atoms with Gasteiger partial charge in [-0.05, 0) is 55.3 Å². The lowest BCUT2D eigenvalue weighted by Crippen LogP contribution is -2.71. The van der Waals surface area contributed by atoms with Crippen LogP contribution in [0, 0.1) is 29.6 Å². The Balaban J connectivity index is 1.63. The number of fused-ring (bicyclic) bond motifs is 2. The molecular weight excluding hydrogens is 292 g/mol. The number of hydrogen-bond acceptors (Lipinski definition) is 4. The smallest absolute Gasteiger partial charge is 0.260 e. The third-order valence-corrected chi connectivity index (χ3v) is 7.27. The SMILES string of the molecule is COC1(c2cccc([O-])c2)OOC12C(C)CC1CC3CC2CC13. The zero-order valence-corrected chi connectivity index (χ0v) is 13.7. The Morgan fingerprint density at radius 2 is 1.96 bits per heavy atom. The van der Waals surface area contributed by atoms with Crippen molar-refractivity contribution >= 4 is 0 Å². The predicted molar refractivity (Wildman–Crippen MR) is 81.1 cm³/mol. The molecule has 3 saturated carbocycles. The van der Waals surface area contributed by atoms with Crippen LogP contribution >= 0.6 is 0 Å². The van der Waals surface area contributed by atoms with Crippen LogP contribution in [-0.4, -0.2) is 12.7 Å². The molecule has 124 valence electrons. The maximum Gasteiger partial charge on any atom is 0.260 e. The highest BCUT2D eigenvalue weighted by Gasteiger charge is 2.75. The summed E-state index contributed by atoms with van der Waals surface area (Å²) in [6.45, 7) is 2.27. The average molecular weight is 315 g/mol. The molecule has 4 nitrogen and oxygen atoms in total. The zero-order chi connectivity index (χ0) is 15.8. The van der Waals surface area contributed by atoms with E-state index in [1.807, 2.05) is 6.07 Å². The Morgan fingerprint density at radius 3 is 2.65 bits per heavy atom. The summed E-state index contributed by atoms with van der Waals surface area (Å²) in [6, 6.07) is 6.92. The van der Waals surface area contributed by atoms with Crippen LogP contribution in [-0.2, 0) is 20.3 Å². The first kappa shape index (κ1) is 14.3. The maximum absolute atomic E-state index is 11.9. The highest BCUT2D eigenvalue weighted by molar-refractivity contribution is 5.34. The van der Waals surface area contributed by atoms with Crippen LogP contribution in [0.5, 0.6) is 5.75 Å². The van der Waals surface area contributed by atoms with Gasteiger partial charge in [0.05, 0.1) is 0 Å². The molecule has 0 radical (unpaired) electrons. The van der Waals surface area contributed by atoms with Crippen molar-refractivity contribution in [3.8, 4) is 5.75 Å². The molecule has 7 unspecified atom stereocenters. The van der Waals surface area contributed by atoms with Crippen LogP contribution in [0.3, 0.4) is 0 Å². The monoisotopic (exact) mass is 315 g/mol. The lowest BCUT2D eigenvalue weighted by atomic mass is 9.59. The van der Waals surface area contributed by atoms with Gasteiger partial charge in [-0.1, -0.05) is 31.2 Å². The second-order valence-corrected chi connectivity index (χ2v) is 8.03. The standard InChI is InChI=1S/C19H24O4/c1-11-6-12-7-13-8-15(10-17(12)13)18(11)19(21-2,23-22-18)14-4-3-5-16(20)9-14/h3-5,9,11-13,15,17,20H,6-8,10H2,1-2H3/p-1. The van der Waals surface area contributed by atoms with Crippen molar-refractivity contribution < 1.29 is 19.6 Å². The van der Waals surface area contributed by atoms with Crippen LogP contribution in [0.2, 0.25) is 0 Å². The van der Waals surface area contributed by atoms with E-state index in [1.165, 1.54) is 25.7 Å². The van der Waals surface area contributed by atoms with Crippen LogP contribution < -0.4 is 5.11 Å². The average Bonchev–Trinajstić information content (AvgIpc) is 2.77. The van der Waals surface area contributed by atoms with E-state index in [4.69, 9.17) is 14.5 Å². The molecule has 1 spiro atoms. The summed E-state index contributed by atoms with van der Waals surface area (Å²) in [5.74, 6) is 2.41. The molecule has 1 aromatic rings. The summed E-state index contributed by atoms with van der Waals surface area (Å²) in [5.41, 5.74) is 0.335. The number of benzene rings is 1. The topological polar surface area (TPSA) is 50.8 Å². The fourth-order valence-electron chi connectivity index (χ4n) is 6.27. The molecule has 4 aliphatic rings. The highest BCUT2D eigenvalue weighted by Crippen LogP contribution is 2.69. The second kappa shape index (κ2) is 4.50. The van der Waals surface area contributed by atoms with Crippen LogP contribution in [0.25, 0.3) is 0 Å². The van der Waals surface area contributed by atoms with Gasteiger partial charge in [-0.2, -0.15) is 4.89 Å². The van der Waals surface area contributed by atoms with Crippen molar-refractivity contribution in [1.82, 2.24) is 0 Å². The van der Waals surface area contributed by atoms with Gasteiger partial charge in [-0.3, -0.25) is 0 Å². The summed E-state index contributed by atoms with van der Waals surface area (Å²) >= 11 is 0. The van der Waals surface area contributed by atoms with Crippen LogP contribution in [0.4, 0.5) is 0 Å². The Bertz CT molecular complexity index is 642. The molecule has 5 rings (SSSR count). The number of ether oxygens (including phenoxy) is 1. The van der Waals surface area contributed by atoms with Gasteiger partial charge in [0.1, 0.15) is 0 Å². The molecular formula is C19H23O4-. The summed E-state index contributed by atoms with van der Waals surface area (Å²) in [7, 11) is 1.67. The normalized spacial score (nSPS) is 50.3. The third kappa shape index (κ3) is 1.53. The van der Waals surface area contributed by atoms with Gasteiger partial charge in [0, 0.05) is 12.7 Å². The molecule has 0 aromatic heterocycles. The van der Waals surface area contributed by atoms with Crippen LogP contribution in [0.15, 0.2) is 24.3 Å². The lowest BCUT2D eigenvalue weighted by molar-refractivity contribution is -0.636. The van der Waals surface area contributed by atoms with E-state index < -0.39 is 11.4 Å². The van der Waals surface area contributed by atoms with E-state index in [-0.39, 0.29) is 5.75 Å². The zero-order valence-electron chi connectivity index (χ0n) is 13.7. The Hall–Kier alpha value is -1.10. The summed E-state index contributed by atoms with van der Waals surface area (Å²) in [4.78, 5) is 11.6. The lowest BCUT2D eigenvalue weighted by Gasteiger charge is -2.61. The first-order valence-electron chi connectivity index (χ1n) is 8.80. The fourth-order valence-corrected chi connectivity index (χ4v) is 6.27. The van der Waals surface area contributed by atoms with E-state index in [1.54, 1.807) is 25.3 Å². The molecule has 1 saturated heterocycles. The molecule has 7 atom stereocenters. The summed E-state index contributed by atoms with van der Waals surface area (Å²) < 4.78 is 5.95. The van der Waals surface area contributed by atoms with Crippen molar-refractivity contribution in [3.05, 3.63) is 29.8 Å². The molecule has 0 amide bonds. The van der Waals surface area contributed by atoms with Crippen molar-refractivity contribution in [2.24, 2.45) is 29.6 Å². The van der Waals surface area contributed by atoms with Gasteiger partial charge in [0.2, 0.25) is 0 Å². The van der Waals surface area contributed by atoms with Gasteiger partial charge < -0.3 is 9.84 Å². The Morgan fingerprint density at radius 1 is 1.13 bits per heavy atom. The molecule has 3 aliphatic carbocycles. The molecule has 4 fully saturated rings. The largest absolute Gasteiger partial charge is 0.872 e. The third-order valence-electron chi connectivity index (χ3n) is 7.27. The summed E-state index contributed by atoms with van der Waals surface area (Å²) in [5, 5.41) is 11.9. The second-order valence-electron chi connectivity index (χ2n) is 8.03.